The van der Waals surface area contributed by atoms with Gasteiger partial charge in [-0.25, -0.2) is 4.39 Å². The van der Waals surface area contributed by atoms with Gasteiger partial charge in [0.15, 0.2) is 0 Å². The van der Waals surface area contributed by atoms with E-state index in [0.29, 0.717) is 25.8 Å². The molecule has 2 unspecified atom stereocenters. The number of hydrogen-bond donors (Lipinski definition) is 2. The van der Waals surface area contributed by atoms with Crippen LogP contribution >= 0.6 is 0 Å². The predicted octanol–water partition coefficient (Wildman–Crippen LogP) is 4.77. The van der Waals surface area contributed by atoms with Gasteiger partial charge in [0.2, 0.25) is 0 Å². The highest BCUT2D eigenvalue weighted by atomic mass is 19.1. The van der Waals surface area contributed by atoms with Gasteiger partial charge in [-0.05, 0) is 39.1 Å². The Balaban J connectivity index is 0.00000301. The topological polar surface area (TPSA) is 35.5 Å². The second-order valence-corrected chi connectivity index (χ2v) is 5.79. The molecule has 0 saturated heterocycles. The zero-order valence-electron chi connectivity index (χ0n) is 16.2. The van der Waals surface area contributed by atoms with Crippen molar-refractivity contribution in [3.8, 4) is 0 Å². The van der Waals surface area contributed by atoms with E-state index in [1.165, 1.54) is 6.08 Å². The lowest BCUT2D eigenvalue weighted by Gasteiger charge is -2.34. The molecular weight excluding hydrogens is 327 g/mol. The number of rotatable bonds is 10. The fourth-order valence-electron chi connectivity index (χ4n) is 2.65. The maximum atomic E-state index is 12.3. The van der Waals surface area contributed by atoms with Crippen molar-refractivity contribution in [3.63, 3.8) is 0 Å². The van der Waals surface area contributed by atoms with Crippen LogP contribution in [0.5, 0.6) is 0 Å². The van der Waals surface area contributed by atoms with Gasteiger partial charge in [-0.3, -0.25) is 0 Å². The van der Waals surface area contributed by atoms with E-state index in [9.17, 15) is 9.50 Å². The Kier molecular flexibility index (Phi) is 13.9. The molecular formula is C22H33FN2O. The molecule has 1 aromatic carbocycles. The molecule has 0 aromatic heterocycles. The Bertz CT molecular complexity index is 555. The van der Waals surface area contributed by atoms with Crippen molar-refractivity contribution >= 4 is 0 Å². The van der Waals surface area contributed by atoms with E-state index in [2.05, 4.69) is 29.5 Å². The first kappa shape index (κ1) is 23.8. The predicted molar refractivity (Wildman–Crippen MR) is 111 cm³/mol. The molecule has 0 saturated carbocycles. The summed E-state index contributed by atoms with van der Waals surface area (Å²) >= 11 is 0. The molecule has 4 heteroatoms. The van der Waals surface area contributed by atoms with Crippen LogP contribution in [0.3, 0.4) is 0 Å². The normalized spacial score (nSPS) is 14.1. The van der Waals surface area contributed by atoms with Crippen molar-refractivity contribution < 1.29 is 9.50 Å². The second kappa shape index (κ2) is 15.1. The molecule has 0 heterocycles. The van der Waals surface area contributed by atoms with E-state index < -0.39 is 6.10 Å². The molecule has 144 valence electrons. The van der Waals surface area contributed by atoms with Gasteiger partial charge < -0.3 is 15.3 Å². The van der Waals surface area contributed by atoms with Crippen molar-refractivity contribution in [2.24, 2.45) is 0 Å². The monoisotopic (exact) mass is 360 g/mol. The minimum absolute atomic E-state index is 0.181. The molecule has 2 N–H and O–H groups in total. The van der Waals surface area contributed by atoms with Crippen molar-refractivity contribution in [1.82, 2.24) is 10.2 Å². The third-order valence-corrected chi connectivity index (χ3v) is 3.74. The third-order valence-electron chi connectivity index (χ3n) is 3.74. The Morgan fingerprint density at radius 3 is 2.46 bits per heavy atom. The molecule has 0 fully saturated rings. The standard InChI is InChI=1S/C20H29FN2O.C2H4/c1-4-5-14-23(16-17(2)10-9-13-21)20(19(24)15-22-3)18-11-7-6-8-12-18;1-2/h4-9,11-13,16,19-20,22,24H,10,14-15H2,1-3H3;1-2H2/b5-4-,13-9+,17-16-;. The summed E-state index contributed by atoms with van der Waals surface area (Å²) in [4.78, 5) is 2.11. The zero-order valence-corrected chi connectivity index (χ0v) is 16.2. The number of benzene rings is 1. The lowest BCUT2D eigenvalue weighted by atomic mass is 9.99. The lowest BCUT2D eigenvalue weighted by molar-refractivity contribution is 0.0792. The Hall–Kier alpha value is -2.17. The number of nitrogens with zero attached hydrogens (tertiary/aromatic N) is 1. The molecule has 0 amide bonds. The number of nitrogens with one attached hydrogen (secondary N) is 1. The second-order valence-electron chi connectivity index (χ2n) is 5.79. The van der Waals surface area contributed by atoms with Gasteiger partial charge in [0.1, 0.15) is 0 Å². The van der Waals surface area contributed by atoms with E-state index in [-0.39, 0.29) is 6.04 Å². The van der Waals surface area contributed by atoms with E-state index in [1.807, 2.05) is 63.5 Å². The van der Waals surface area contributed by atoms with E-state index >= 15 is 0 Å². The third kappa shape index (κ3) is 8.79. The van der Waals surface area contributed by atoms with Gasteiger partial charge in [-0.1, -0.05) is 54.1 Å². The first-order valence-corrected chi connectivity index (χ1v) is 8.81. The van der Waals surface area contributed by atoms with Crippen LogP contribution in [0.1, 0.15) is 31.9 Å². The molecule has 0 radical (unpaired) electrons. The molecule has 0 aliphatic heterocycles. The molecule has 3 nitrogen and oxygen atoms in total. The molecule has 0 spiro atoms. The van der Waals surface area contributed by atoms with E-state index in [4.69, 9.17) is 0 Å². The van der Waals surface area contributed by atoms with Gasteiger partial charge >= 0.3 is 0 Å². The lowest BCUT2D eigenvalue weighted by Crippen LogP contribution is -2.38. The smallest absolute Gasteiger partial charge is 0.0909 e. The Morgan fingerprint density at radius 1 is 1.27 bits per heavy atom. The van der Waals surface area contributed by atoms with Gasteiger partial charge in [0, 0.05) is 13.1 Å². The van der Waals surface area contributed by atoms with Gasteiger partial charge in [-0.2, -0.15) is 0 Å². The quantitative estimate of drug-likeness (QED) is 0.590. The summed E-state index contributed by atoms with van der Waals surface area (Å²) in [5.41, 5.74) is 2.08. The molecule has 0 aliphatic rings. The van der Waals surface area contributed by atoms with Crippen molar-refractivity contribution in [3.05, 3.63) is 85.4 Å². The number of halogens is 1. The van der Waals surface area contributed by atoms with Crippen molar-refractivity contribution in [1.29, 1.82) is 0 Å². The van der Waals surface area contributed by atoms with Gasteiger partial charge in [0.25, 0.3) is 0 Å². The number of hydrogen-bond acceptors (Lipinski definition) is 3. The summed E-state index contributed by atoms with van der Waals surface area (Å²) in [7, 11) is 1.83. The highest BCUT2D eigenvalue weighted by Crippen LogP contribution is 2.26. The summed E-state index contributed by atoms with van der Waals surface area (Å²) in [5, 5.41) is 13.7. The maximum absolute atomic E-state index is 12.3. The number of likely N-dealkylation sites (N-methyl/N-ethyl adjacent to an activating group) is 1. The molecule has 1 rings (SSSR count). The van der Waals surface area contributed by atoms with Crippen LogP contribution in [0, 0.1) is 0 Å². The number of allylic oxidation sites excluding steroid dienone is 3. The first-order valence-electron chi connectivity index (χ1n) is 8.81. The molecule has 26 heavy (non-hydrogen) atoms. The summed E-state index contributed by atoms with van der Waals surface area (Å²) in [6.07, 6.45) is 8.09. The fourth-order valence-corrected chi connectivity index (χ4v) is 2.65. The first-order chi connectivity index (χ1) is 12.6. The van der Waals surface area contributed by atoms with Crippen LogP contribution in [-0.4, -0.2) is 36.2 Å². The minimum atomic E-state index is -0.566. The SMILES string of the molecule is C/C=C\CN(/C=C(/C)C/C=C/F)C(c1ccccc1)C(O)CNC.C=C. The van der Waals surface area contributed by atoms with Crippen molar-refractivity contribution in [2.45, 2.75) is 32.4 Å². The minimum Gasteiger partial charge on any atom is -0.389 e. The number of aliphatic hydroxyl groups excluding tert-OH is 1. The zero-order chi connectivity index (χ0) is 19.8. The number of aliphatic hydroxyl groups is 1. The molecule has 0 bridgehead atoms. The van der Waals surface area contributed by atoms with Crippen LogP contribution in [0.4, 0.5) is 4.39 Å². The highest BCUT2D eigenvalue weighted by Gasteiger charge is 2.25. The fraction of sp³-hybridized carbons (Fsp3) is 0.364. The van der Waals surface area contributed by atoms with Crippen LogP contribution < -0.4 is 5.32 Å². The molecule has 0 aliphatic carbocycles. The highest BCUT2D eigenvalue weighted by molar-refractivity contribution is 5.22. The van der Waals surface area contributed by atoms with E-state index in [0.717, 1.165) is 11.1 Å². The van der Waals surface area contributed by atoms with Crippen LogP contribution in [0.25, 0.3) is 0 Å². The Morgan fingerprint density at radius 2 is 1.92 bits per heavy atom. The van der Waals surface area contributed by atoms with Gasteiger partial charge in [-0.15, -0.1) is 13.2 Å². The maximum Gasteiger partial charge on any atom is 0.0909 e. The van der Waals surface area contributed by atoms with Crippen LogP contribution in [0.2, 0.25) is 0 Å². The summed E-state index contributed by atoms with van der Waals surface area (Å²) in [6, 6.07) is 9.79. The van der Waals surface area contributed by atoms with Crippen LogP contribution in [0.15, 0.2) is 79.8 Å². The Labute approximate surface area is 158 Å². The molecule has 2 atom stereocenters. The molecule has 1 aromatic rings. The largest absolute Gasteiger partial charge is 0.389 e. The summed E-state index contributed by atoms with van der Waals surface area (Å²) < 4.78 is 12.3. The van der Waals surface area contributed by atoms with Crippen molar-refractivity contribution in [2.75, 3.05) is 20.1 Å². The summed E-state index contributed by atoms with van der Waals surface area (Å²) in [6.45, 7) is 11.1. The average Bonchev–Trinajstić information content (AvgIpc) is 2.67. The summed E-state index contributed by atoms with van der Waals surface area (Å²) in [5.74, 6) is 0. The van der Waals surface area contributed by atoms with Gasteiger partial charge in [0.05, 0.1) is 18.5 Å². The average molecular weight is 361 g/mol. The van der Waals surface area contributed by atoms with Crippen LogP contribution in [-0.2, 0) is 0 Å². The van der Waals surface area contributed by atoms with E-state index in [1.54, 1.807) is 0 Å².